The number of piperidine rings is 1. The third kappa shape index (κ3) is 4.29. The highest BCUT2D eigenvalue weighted by Gasteiger charge is 2.30. The maximum atomic E-state index is 12.4. The number of hydrogen-bond donors (Lipinski definition) is 2. The number of primary amides is 1. The van der Waals surface area contributed by atoms with Crippen LogP contribution in [0.2, 0.25) is 0 Å². The molecule has 0 spiro atoms. The smallest absolute Gasteiger partial charge is 0.241 e. The van der Waals surface area contributed by atoms with Crippen molar-refractivity contribution in [3.63, 3.8) is 0 Å². The summed E-state index contributed by atoms with van der Waals surface area (Å²) in [7, 11) is -3.74. The zero-order chi connectivity index (χ0) is 17.0. The third-order valence-electron chi connectivity index (χ3n) is 3.96. The molecule has 3 N–H and O–H groups in total. The Morgan fingerprint density at radius 3 is 2.30 bits per heavy atom. The minimum Gasteiger partial charge on any atom is -0.369 e. The summed E-state index contributed by atoms with van der Waals surface area (Å²) in [6.07, 6.45) is 1.03. The number of benzene rings is 1. The van der Waals surface area contributed by atoms with Crippen molar-refractivity contribution in [3.8, 4) is 0 Å². The first-order valence-corrected chi connectivity index (χ1v) is 8.95. The number of nitrogens with one attached hydrogen (secondary N) is 1. The van der Waals surface area contributed by atoms with E-state index in [4.69, 9.17) is 5.73 Å². The highest BCUT2D eigenvalue weighted by molar-refractivity contribution is 7.89. The van der Waals surface area contributed by atoms with Gasteiger partial charge in [-0.15, -0.1) is 0 Å². The number of hydrogen-bond acceptors (Lipinski definition) is 4. The summed E-state index contributed by atoms with van der Waals surface area (Å²) in [6.45, 7) is 2.33. The van der Waals surface area contributed by atoms with E-state index >= 15 is 0 Å². The van der Waals surface area contributed by atoms with Crippen molar-refractivity contribution in [3.05, 3.63) is 30.3 Å². The summed E-state index contributed by atoms with van der Waals surface area (Å²) in [5.41, 5.74) is 5.26. The lowest BCUT2D eigenvalue weighted by Gasteiger charge is -2.32. The second-order valence-electron chi connectivity index (χ2n) is 5.66. The zero-order valence-electron chi connectivity index (χ0n) is 12.9. The Labute approximate surface area is 135 Å². The molecule has 7 nitrogen and oxygen atoms in total. The van der Waals surface area contributed by atoms with Gasteiger partial charge in [0.15, 0.2) is 0 Å². The van der Waals surface area contributed by atoms with Gasteiger partial charge in [-0.05, 0) is 31.9 Å². The highest BCUT2D eigenvalue weighted by atomic mass is 32.2. The lowest BCUT2D eigenvalue weighted by atomic mass is 9.96. The lowest BCUT2D eigenvalue weighted by Crippen LogP contribution is -2.50. The Hall–Kier alpha value is -1.93. The van der Waals surface area contributed by atoms with Gasteiger partial charge < -0.3 is 10.6 Å². The maximum Gasteiger partial charge on any atom is 0.241 e. The molecular formula is C15H21N3O4S. The first-order chi connectivity index (χ1) is 10.8. The van der Waals surface area contributed by atoms with Gasteiger partial charge in [-0.2, -0.15) is 4.72 Å². The van der Waals surface area contributed by atoms with Crippen LogP contribution in [0.3, 0.4) is 0 Å². The number of amides is 2. The Morgan fingerprint density at radius 2 is 1.78 bits per heavy atom. The molecule has 0 aliphatic carbocycles. The second kappa shape index (κ2) is 7.10. The van der Waals surface area contributed by atoms with Crippen LogP contribution in [-0.2, 0) is 19.6 Å². The first kappa shape index (κ1) is 17.4. The first-order valence-electron chi connectivity index (χ1n) is 7.47. The number of nitrogens with two attached hydrogens (primary N) is 1. The Kier molecular flexibility index (Phi) is 5.38. The number of likely N-dealkylation sites (tertiary alicyclic amines) is 1. The van der Waals surface area contributed by atoms with Crippen LogP contribution in [0.4, 0.5) is 0 Å². The molecule has 1 aliphatic rings. The quantitative estimate of drug-likeness (QED) is 0.791. The standard InChI is InChI=1S/C15H21N3O4S/c1-11(17-23(21,22)13-5-3-2-4-6-13)15(20)18-9-7-12(8-10-18)14(16)19/h2-6,11-12,17H,7-10H2,1H3,(H2,16,19). The van der Waals surface area contributed by atoms with E-state index in [9.17, 15) is 18.0 Å². The van der Waals surface area contributed by atoms with Gasteiger partial charge in [0.05, 0.1) is 10.9 Å². The molecule has 1 atom stereocenters. The number of sulfonamides is 1. The largest absolute Gasteiger partial charge is 0.369 e. The van der Waals surface area contributed by atoms with Crippen molar-refractivity contribution < 1.29 is 18.0 Å². The molecule has 126 valence electrons. The Bertz CT molecular complexity index is 667. The summed E-state index contributed by atoms with van der Waals surface area (Å²) in [6, 6.07) is 7.03. The van der Waals surface area contributed by atoms with Gasteiger partial charge in [0, 0.05) is 19.0 Å². The van der Waals surface area contributed by atoms with Crippen molar-refractivity contribution in [2.75, 3.05) is 13.1 Å². The van der Waals surface area contributed by atoms with Gasteiger partial charge in [0.25, 0.3) is 0 Å². The van der Waals surface area contributed by atoms with Gasteiger partial charge >= 0.3 is 0 Å². The SMILES string of the molecule is CC(NS(=O)(=O)c1ccccc1)C(=O)N1CCC(C(N)=O)CC1. The van der Waals surface area contributed by atoms with Crippen LogP contribution in [0.1, 0.15) is 19.8 Å². The molecule has 0 radical (unpaired) electrons. The second-order valence-corrected chi connectivity index (χ2v) is 7.37. The molecule has 0 saturated carbocycles. The van der Waals surface area contributed by atoms with Gasteiger partial charge in [-0.1, -0.05) is 18.2 Å². The molecule has 23 heavy (non-hydrogen) atoms. The summed E-state index contributed by atoms with van der Waals surface area (Å²) in [5, 5.41) is 0. The molecule has 8 heteroatoms. The van der Waals surface area contributed by atoms with Crippen molar-refractivity contribution in [1.82, 2.24) is 9.62 Å². The monoisotopic (exact) mass is 339 g/mol. The van der Waals surface area contributed by atoms with Crippen molar-refractivity contribution in [2.45, 2.75) is 30.7 Å². The topological polar surface area (TPSA) is 110 Å². The molecule has 1 saturated heterocycles. The van der Waals surface area contributed by atoms with E-state index in [-0.39, 0.29) is 22.6 Å². The highest BCUT2D eigenvalue weighted by Crippen LogP contribution is 2.17. The molecule has 2 rings (SSSR count). The molecule has 0 bridgehead atoms. The average molecular weight is 339 g/mol. The van der Waals surface area contributed by atoms with E-state index in [0.717, 1.165) is 0 Å². The fourth-order valence-electron chi connectivity index (χ4n) is 2.61. The van der Waals surface area contributed by atoms with Gasteiger partial charge in [-0.25, -0.2) is 8.42 Å². The minimum absolute atomic E-state index is 0.118. The van der Waals surface area contributed by atoms with Crippen LogP contribution in [0, 0.1) is 5.92 Å². The van der Waals surface area contributed by atoms with Crippen LogP contribution in [0.15, 0.2) is 35.2 Å². The molecule has 0 aromatic heterocycles. The van der Waals surface area contributed by atoms with Crippen molar-refractivity contribution in [2.24, 2.45) is 11.7 Å². The van der Waals surface area contributed by atoms with Crippen LogP contribution < -0.4 is 10.5 Å². The number of rotatable bonds is 5. The maximum absolute atomic E-state index is 12.4. The molecular weight excluding hydrogens is 318 g/mol. The third-order valence-corrected chi connectivity index (χ3v) is 5.52. The van der Waals surface area contributed by atoms with Crippen molar-refractivity contribution in [1.29, 1.82) is 0 Å². The summed E-state index contributed by atoms with van der Waals surface area (Å²) >= 11 is 0. The fraction of sp³-hybridized carbons (Fsp3) is 0.467. The molecule has 1 aromatic rings. The van der Waals surface area contributed by atoms with E-state index in [2.05, 4.69) is 4.72 Å². The minimum atomic E-state index is -3.74. The molecule has 1 aromatic carbocycles. The van der Waals surface area contributed by atoms with E-state index < -0.39 is 16.1 Å². The van der Waals surface area contributed by atoms with Gasteiger partial charge in [0.2, 0.25) is 21.8 Å². The van der Waals surface area contributed by atoms with E-state index in [0.29, 0.717) is 25.9 Å². The summed E-state index contributed by atoms with van der Waals surface area (Å²) < 4.78 is 26.8. The molecule has 1 fully saturated rings. The average Bonchev–Trinajstić information content (AvgIpc) is 2.54. The van der Waals surface area contributed by atoms with Crippen molar-refractivity contribution >= 4 is 21.8 Å². The molecule has 1 aliphatic heterocycles. The number of carbonyl (C=O) groups excluding carboxylic acids is 2. The Balaban J connectivity index is 1.97. The van der Waals surface area contributed by atoms with Gasteiger partial charge in [-0.3, -0.25) is 9.59 Å². The number of carbonyl (C=O) groups is 2. The summed E-state index contributed by atoms with van der Waals surface area (Å²) in [5.74, 6) is -0.863. The predicted octanol–water partition coefficient (Wildman–Crippen LogP) is 0.0773. The predicted molar refractivity (Wildman–Crippen MR) is 84.7 cm³/mol. The fourth-order valence-corrected chi connectivity index (χ4v) is 3.83. The van der Waals surface area contributed by atoms with E-state index in [1.54, 1.807) is 23.1 Å². The van der Waals surface area contributed by atoms with Crippen LogP contribution in [0.5, 0.6) is 0 Å². The van der Waals surface area contributed by atoms with Crippen LogP contribution >= 0.6 is 0 Å². The molecule has 1 heterocycles. The molecule has 1 unspecified atom stereocenters. The van der Waals surface area contributed by atoms with Gasteiger partial charge in [0.1, 0.15) is 0 Å². The normalized spacial score (nSPS) is 17.7. The molecule has 2 amide bonds. The number of nitrogens with zero attached hydrogens (tertiary/aromatic N) is 1. The zero-order valence-corrected chi connectivity index (χ0v) is 13.8. The van der Waals surface area contributed by atoms with E-state index in [1.807, 2.05) is 0 Å². The van der Waals surface area contributed by atoms with Crippen LogP contribution in [-0.4, -0.2) is 44.3 Å². The Morgan fingerprint density at radius 1 is 1.22 bits per heavy atom. The van der Waals surface area contributed by atoms with Crippen LogP contribution in [0.25, 0.3) is 0 Å². The summed E-state index contributed by atoms with van der Waals surface area (Å²) in [4.78, 5) is 25.2. The lowest BCUT2D eigenvalue weighted by molar-refractivity contribution is -0.136. The van der Waals surface area contributed by atoms with E-state index in [1.165, 1.54) is 19.1 Å².